The number of hydrogen-bond acceptors (Lipinski definition) is 4. The number of carbonyl (C=O) groups excluding carboxylic acids is 2. The van der Waals surface area contributed by atoms with E-state index in [1.165, 1.54) is 41.1 Å². The van der Waals surface area contributed by atoms with Crippen molar-refractivity contribution in [1.29, 1.82) is 0 Å². The molecule has 0 atom stereocenters. The molecule has 4 aromatic rings. The average molecular weight is 553 g/mol. The van der Waals surface area contributed by atoms with Gasteiger partial charge in [-0.05, 0) is 73.0 Å². The van der Waals surface area contributed by atoms with E-state index in [-0.39, 0.29) is 40.7 Å². The summed E-state index contributed by atoms with van der Waals surface area (Å²) in [5.74, 6) is -1.26. The summed E-state index contributed by atoms with van der Waals surface area (Å²) in [6.07, 6.45) is -1.87. The minimum Gasteiger partial charge on any atom is -0.507 e. The smallest absolute Gasteiger partial charge is 0.416 e. The van der Waals surface area contributed by atoms with Gasteiger partial charge in [0.15, 0.2) is 0 Å². The van der Waals surface area contributed by atoms with Crippen LogP contribution in [0, 0.1) is 5.82 Å². The van der Waals surface area contributed by atoms with Gasteiger partial charge in [0, 0.05) is 29.3 Å². The molecule has 0 bridgehead atoms. The van der Waals surface area contributed by atoms with Crippen LogP contribution in [-0.4, -0.2) is 26.8 Å². The Bertz CT molecular complexity index is 1580. The lowest BCUT2D eigenvalue weighted by atomic mass is 9.82. The molecule has 1 saturated carbocycles. The van der Waals surface area contributed by atoms with Crippen LogP contribution in [0.3, 0.4) is 0 Å². The Morgan fingerprint density at radius 2 is 1.77 bits per heavy atom. The first kappa shape index (κ1) is 26.9. The Hall–Kier alpha value is -4.67. The third-order valence-corrected chi connectivity index (χ3v) is 6.77. The monoisotopic (exact) mass is 552 g/mol. The summed E-state index contributed by atoms with van der Waals surface area (Å²) in [6, 6.07) is 15.2. The van der Waals surface area contributed by atoms with Crippen LogP contribution < -0.4 is 10.6 Å². The third-order valence-electron chi connectivity index (χ3n) is 6.77. The summed E-state index contributed by atoms with van der Waals surface area (Å²) in [5, 5.41) is 20.3. The van der Waals surface area contributed by atoms with Gasteiger partial charge in [-0.1, -0.05) is 24.6 Å². The number of phenolic OH excluding ortho intramolecular Hbond substituents is 1. The number of amides is 2. The van der Waals surface area contributed by atoms with E-state index in [1.54, 1.807) is 18.2 Å². The molecule has 1 heterocycles. The van der Waals surface area contributed by atoms with Gasteiger partial charge in [-0.25, -0.2) is 9.18 Å². The lowest BCUT2D eigenvalue weighted by molar-refractivity contribution is -0.137. The summed E-state index contributed by atoms with van der Waals surface area (Å²) in [7, 11) is 0. The van der Waals surface area contributed by atoms with Gasteiger partial charge >= 0.3 is 12.2 Å². The molecule has 5 rings (SSSR count). The van der Waals surface area contributed by atoms with Crippen molar-refractivity contribution in [2.45, 2.75) is 37.9 Å². The molecule has 0 aliphatic heterocycles. The fourth-order valence-corrected chi connectivity index (χ4v) is 4.44. The normalized spacial score (nSPS) is 13.5. The van der Waals surface area contributed by atoms with E-state index in [9.17, 15) is 32.3 Å². The van der Waals surface area contributed by atoms with Crippen molar-refractivity contribution >= 4 is 17.6 Å². The first-order valence-electron chi connectivity index (χ1n) is 12.5. The van der Waals surface area contributed by atoms with Crippen molar-refractivity contribution in [3.8, 4) is 17.0 Å². The highest BCUT2D eigenvalue weighted by Crippen LogP contribution is 2.39. The number of nitrogens with one attached hydrogen (secondary N) is 2. The number of hydrogen-bond donors (Lipinski definition) is 3. The number of benzene rings is 3. The molecule has 1 aliphatic rings. The van der Waals surface area contributed by atoms with Crippen molar-refractivity contribution in [1.82, 2.24) is 15.1 Å². The summed E-state index contributed by atoms with van der Waals surface area (Å²) < 4.78 is 53.9. The van der Waals surface area contributed by atoms with Crippen molar-refractivity contribution in [2.24, 2.45) is 0 Å². The highest BCUT2D eigenvalue weighted by molar-refractivity contribution is 6.04. The van der Waals surface area contributed by atoms with Crippen LogP contribution in [0.25, 0.3) is 11.3 Å². The molecule has 40 heavy (non-hydrogen) atoms. The van der Waals surface area contributed by atoms with Crippen LogP contribution in [0.2, 0.25) is 0 Å². The number of rotatable bonds is 6. The number of phenols is 1. The van der Waals surface area contributed by atoms with Gasteiger partial charge in [-0.2, -0.15) is 23.0 Å². The molecule has 0 radical (unpaired) electrons. The highest BCUT2D eigenvalue weighted by Gasteiger charge is 2.31. The molecule has 2 amide bonds. The molecular formula is C29H24F4N4O3. The zero-order chi connectivity index (χ0) is 28.4. The quantitative estimate of drug-likeness (QED) is 0.183. The molecule has 1 aliphatic carbocycles. The van der Waals surface area contributed by atoms with Crippen LogP contribution in [0.15, 0.2) is 72.8 Å². The minimum atomic E-state index is -4.59. The van der Waals surface area contributed by atoms with E-state index < -0.39 is 29.5 Å². The zero-order valence-corrected chi connectivity index (χ0v) is 21.0. The predicted octanol–water partition coefficient (Wildman–Crippen LogP) is 6.69. The van der Waals surface area contributed by atoms with E-state index in [0.717, 1.165) is 37.5 Å². The maximum atomic E-state index is 13.5. The molecule has 0 unspecified atom stereocenters. The summed E-state index contributed by atoms with van der Waals surface area (Å²) in [4.78, 5) is 25.7. The summed E-state index contributed by atoms with van der Waals surface area (Å²) in [5.41, 5.74) is 0.802. The van der Waals surface area contributed by atoms with Crippen LogP contribution in [0.1, 0.15) is 52.4 Å². The minimum absolute atomic E-state index is 0.0815. The molecule has 1 fully saturated rings. The number of nitrogens with zero attached hydrogens (tertiary/aromatic N) is 2. The van der Waals surface area contributed by atoms with Crippen LogP contribution in [-0.2, 0) is 12.7 Å². The van der Waals surface area contributed by atoms with Crippen molar-refractivity contribution in [3.05, 3.63) is 101 Å². The Labute approximate surface area is 226 Å². The Kier molecular flexibility index (Phi) is 7.29. The van der Waals surface area contributed by atoms with Gasteiger partial charge < -0.3 is 15.7 Å². The van der Waals surface area contributed by atoms with E-state index >= 15 is 0 Å². The lowest BCUT2D eigenvalue weighted by Gasteiger charge is -2.25. The van der Waals surface area contributed by atoms with Crippen molar-refractivity contribution in [3.63, 3.8) is 0 Å². The van der Waals surface area contributed by atoms with E-state index in [4.69, 9.17) is 0 Å². The van der Waals surface area contributed by atoms with Gasteiger partial charge in [0.2, 0.25) is 0 Å². The van der Waals surface area contributed by atoms with Crippen LogP contribution in [0.4, 0.5) is 28.0 Å². The predicted molar refractivity (Wildman–Crippen MR) is 139 cm³/mol. The van der Waals surface area contributed by atoms with E-state index in [1.807, 2.05) is 0 Å². The fraction of sp³-hybridized carbons (Fsp3) is 0.207. The standard InChI is InChI=1S/C29H24F4N4O3/c30-21-9-1-4-17(12-21)16-34-28(40)37-25(18-5-2-6-18)15-24(36-37)23-14-22(10-11-26(23)38)35-27(39)19-7-3-8-20(13-19)29(31,32)33/h1,3-4,7-15,18,38H,2,5-6,16H2,(H,34,40)(H,35,39). The summed E-state index contributed by atoms with van der Waals surface area (Å²) in [6.45, 7) is 0.0815. The first-order valence-corrected chi connectivity index (χ1v) is 12.5. The van der Waals surface area contributed by atoms with Crippen molar-refractivity contribution in [2.75, 3.05) is 5.32 Å². The van der Waals surface area contributed by atoms with Gasteiger partial charge in [-0.3, -0.25) is 4.79 Å². The van der Waals surface area contributed by atoms with Crippen LogP contribution in [0.5, 0.6) is 5.75 Å². The second-order valence-electron chi connectivity index (χ2n) is 9.55. The maximum absolute atomic E-state index is 13.5. The Balaban J connectivity index is 1.39. The van der Waals surface area contributed by atoms with E-state index in [0.29, 0.717) is 11.3 Å². The van der Waals surface area contributed by atoms with Crippen molar-refractivity contribution < 1.29 is 32.3 Å². The average Bonchev–Trinajstić information content (AvgIpc) is 3.31. The number of alkyl halides is 3. The zero-order valence-electron chi connectivity index (χ0n) is 21.0. The van der Waals surface area contributed by atoms with Gasteiger partial charge in [0.05, 0.1) is 17.0 Å². The second-order valence-corrected chi connectivity index (χ2v) is 9.55. The number of aromatic nitrogens is 2. The number of halogens is 4. The third kappa shape index (κ3) is 5.83. The Morgan fingerprint density at radius 3 is 2.48 bits per heavy atom. The fourth-order valence-electron chi connectivity index (χ4n) is 4.44. The second kappa shape index (κ2) is 10.8. The molecule has 7 nitrogen and oxygen atoms in total. The molecule has 11 heteroatoms. The van der Waals surface area contributed by atoms with Crippen LogP contribution >= 0.6 is 0 Å². The molecule has 3 aromatic carbocycles. The van der Waals surface area contributed by atoms with E-state index in [2.05, 4.69) is 15.7 Å². The van der Waals surface area contributed by atoms with Gasteiger partial charge in [-0.15, -0.1) is 0 Å². The first-order chi connectivity index (χ1) is 19.1. The molecule has 0 saturated heterocycles. The number of aromatic hydroxyl groups is 1. The molecule has 1 aromatic heterocycles. The largest absolute Gasteiger partial charge is 0.507 e. The van der Waals surface area contributed by atoms with Gasteiger partial charge in [0.25, 0.3) is 5.91 Å². The number of anilines is 1. The molecule has 3 N–H and O–H groups in total. The lowest BCUT2D eigenvalue weighted by Crippen LogP contribution is -2.31. The topological polar surface area (TPSA) is 96.2 Å². The summed E-state index contributed by atoms with van der Waals surface area (Å²) >= 11 is 0. The molecular weight excluding hydrogens is 528 g/mol. The Morgan fingerprint density at radius 1 is 1.00 bits per heavy atom. The molecule has 206 valence electrons. The maximum Gasteiger partial charge on any atom is 0.416 e. The number of carbonyl (C=O) groups is 2. The highest BCUT2D eigenvalue weighted by atomic mass is 19.4. The SMILES string of the molecule is O=C(Nc1ccc(O)c(-c2cc(C3CCC3)n(C(=O)NCc3cccc(F)c3)n2)c1)c1cccc(C(F)(F)F)c1. The molecule has 0 spiro atoms. The van der Waals surface area contributed by atoms with Gasteiger partial charge in [0.1, 0.15) is 11.6 Å².